The molecule has 27 heavy (non-hydrogen) atoms. The molecule has 0 spiro atoms. The van der Waals surface area contributed by atoms with Crippen LogP contribution in [0.5, 0.6) is 0 Å². The lowest BCUT2D eigenvalue weighted by Crippen LogP contribution is -2.49. The Morgan fingerprint density at radius 2 is 1.74 bits per heavy atom. The molecule has 146 valence electrons. The van der Waals surface area contributed by atoms with Crippen LogP contribution in [0.4, 0.5) is 11.8 Å². The monoisotopic (exact) mass is 409 g/mol. The molecule has 7 nitrogen and oxygen atoms in total. The molecule has 2 aromatic rings. The van der Waals surface area contributed by atoms with Crippen molar-refractivity contribution in [2.45, 2.75) is 18.7 Å². The van der Waals surface area contributed by atoms with Gasteiger partial charge in [-0.3, -0.25) is 0 Å². The lowest BCUT2D eigenvalue weighted by Gasteiger charge is -2.34. The SMILES string of the molecule is Cc1cc(N(C)C)nc(N2CCN(S(=O)(=O)c3cccc(Cl)c3C)CC2)n1. The number of aromatic nitrogens is 2. The Labute approximate surface area is 165 Å². The average molecular weight is 410 g/mol. The summed E-state index contributed by atoms with van der Waals surface area (Å²) in [5.74, 6) is 1.47. The maximum Gasteiger partial charge on any atom is 0.243 e. The van der Waals surface area contributed by atoms with Gasteiger partial charge in [-0.05, 0) is 31.5 Å². The highest BCUT2D eigenvalue weighted by Gasteiger charge is 2.30. The van der Waals surface area contributed by atoms with Crippen LogP contribution in [-0.4, -0.2) is 63.0 Å². The van der Waals surface area contributed by atoms with E-state index in [-0.39, 0.29) is 4.90 Å². The first-order chi connectivity index (χ1) is 12.7. The molecule has 1 aliphatic heterocycles. The highest BCUT2D eigenvalue weighted by Crippen LogP contribution is 2.27. The number of benzene rings is 1. The fourth-order valence-corrected chi connectivity index (χ4v) is 4.94. The van der Waals surface area contributed by atoms with Gasteiger partial charge in [-0.25, -0.2) is 13.4 Å². The summed E-state index contributed by atoms with van der Waals surface area (Å²) >= 11 is 6.11. The number of halogens is 1. The number of sulfonamides is 1. The van der Waals surface area contributed by atoms with E-state index in [1.54, 1.807) is 25.1 Å². The molecular weight excluding hydrogens is 386 g/mol. The topological polar surface area (TPSA) is 69.6 Å². The van der Waals surface area contributed by atoms with Crippen molar-refractivity contribution >= 4 is 33.4 Å². The molecule has 2 heterocycles. The van der Waals surface area contributed by atoms with E-state index in [9.17, 15) is 8.42 Å². The largest absolute Gasteiger partial charge is 0.363 e. The van der Waals surface area contributed by atoms with Gasteiger partial charge in [0.15, 0.2) is 0 Å². The summed E-state index contributed by atoms with van der Waals surface area (Å²) in [4.78, 5) is 13.3. The van der Waals surface area contributed by atoms with Crippen LogP contribution in [0, 0.1) is 13.8 Å². The number of rotatable bonds is 4. The average Bonchev–Trinajstić information content (AvgIpc) is 2.63. The molecule has 1 fully saturated rings. The predicted octanol–water partition coefficient (Wildman–Crippen LogP) is 2.32. The Balaban J connectivity index is 1.78. The second-order valence-electron chi connectivity index (χ2n) is 6.82. The standard InChI is InChI=1S/C18H24ClN5O2S/c1-13-12-17(22(3)4)21-18(20-13)23-8-10-24(11-9-23)27(25,26)16-7-5-6-15(19)14(16)2/h5-7,12H,8-11H2,1-4H3. The lowest BCUT2D eigenvalue weighted by molar-refractivity contribution is 0.382. The number of hydrogen-bond donors (Lipinski definition) is 0. The lowest BCUT2D eigenvalue weighted by atomic mass is 10.2. The summed E-state index contributed by atoms with van der Waals surface area (Å²) in [6.07, 6.45) is 0. The first kappa shape index (κ1) is 19.9. The van der Waals surface area contributed by atoms with Crippen LogP contribution in [0.25, 0.3) is 0 Å². The number of anilines is 2. The van der Waals surface area contributed by atoms with E-state index in [1.807, 2.05) is 36.9 Å². The molecule has 0 radical (unpaired) electrons. The van der Waals surface area contributed by atoms with E-state index in [0.717, 1.165) is 11.5 Å². The van der Waals surface area contributed by atoms with Gasteiger partial charge in [0.2, 0.25) is 16.0 Å². The number of aryl methyl sites for hydroxylation is 1. The number of nitrogens with zero attached hydrogens (tertiary/aromatic N) is 5. The van der Waals surface area contributed by atoms with Crippen LogP contribution < -0.4 is 9.80 Å². The van der Waals surface area contributed by atoms with Gasteiger partial charge in [0.1, 0.15) is 5.82 Å². The Kier molecular flexibility index (Phi) is 5.60. The number of piperazine rings is 1. The molecule has 1 aromatic heterocycles. The van der Waals surface area contributed by atoms with Crippen LogP contribution in [0.1, 0.15) is 11.3 Å². The Hall–Kier alpha value is -1.90. The summed E-state index contributed by atoms with van der Waals surface area (Å²) in [6, 6.07) is 6.90. The fourth-order valence-electron chi connectivity index (χ4n) is 3.04. The highest BCUT2D eigenvalue weighted by atomic mass is 35.5. The number of hydrogen-bond acceptors (Lipinski definition) is 6. The minimum absolute atomic E-state index is 0.269. The van der Waals surface area contributed by atoms with E-state index >= 15 is 0 Å². The van der Waals surface area contributed by atoms with Crippen molar-refractivity contribution in [3.63, 3.8) is 0 Å². The molecule has 0 unspecified atom stereocenters. The molecule has 9 heteroatoms. The first-order valence-electron chi connectivity index (χ1n) is 8.73. The highest BCUT2D eigenvalue weighted by molar-refractivity contribution is 7.89. The maximum absolute atomic E-state index is 13.0. The molecule has 3 rings (SSSR count). The minimum Gasteiger partial charge on any atom is -0.363 e. The van der Waals surface area contributed by atoms with Crippen molar-refractivity contribution < 1.29 is 8.42 Å². The Morgan fingerprint density at radius 1 is 1.07 bits per heavy atom. The summed E-state index contributed by atoms with van der Waals surface area (Å²) in [5.41, 5.74) is 1.47. The van der Waals surface area contributed by atoms with Gasteiger partial charge in [0, 0.05) is 57.1 Å². The van der Waals surface area contributed by atoms with Gasteiger partial charge in [-0.1, -0.05) is 17.7 Å². The van der Waals surface area contributed by atoms with Crippen LogP contribution >= 0.6 is 11.6 Å². The molecule has 1 aromatic carbocycles. The van der Waals surface area contributed by atoms with Crippen molar-refractivity contribution in [3.05, 3.63) is 40.5 Å². The molecule has 0 atom stereocenters. The summed E-state index contributed by atoms with van der Waals surface area (Å²) in [7, 11) is 0.290. The maximum atomic E-state index is 13.0. The van der Waals surface area contributed by atoms with Crippen molar-refractivity contribution in [1.82, 2.24) is 14.3 Å². The smallest absolute Gasteiger partial charge is 0.243 e. The molecule has 1 aliphatic rings. The molecule has 0 N–H and O–H groups in total. The van der Waals surface area contributed by atoms with Crippen LogP contribution in [-0.2, 0) is 10.0 Å². The van der Waals surface area contributed by atoms with Crippen molar-refractivity contribution in [1.29, 1.82) is 0 Å². The van der Waals surface area contributed by atoms with Gasteiger partial charge >= 0.3 is 0 Å². The molecular formula is C18H24ClN5O2S. The minimum atomic E-state index is -3.58. The van der Waals surface area contributed by atoms with E-state index in [2.05, 4.69) is 9.97 Å². The van der Waals surface area contributed by atoms with Crippen LogP contribution in [0.3, 0.4) is 0 Å². The van der Waals surface area contributed by atoms with Gasteiger partial charge in [-0.15, -0.1) is 0 Å². The molecule has 1 saturated heterocycles. The van der Waals surface area contributed by atoms with E-state index in [0.29, 0.717) is 42.7 Å². The van der Waals surface area contributed by atoms with Gasteiger partial charge in [0.05, 0.1) is 4.90 Å². The van der Waals surface area contributed by atoms with E-state index in [4.69, 9.17) is 11.6 Å². The normalized spacial score (nSPS) is 15.8. The third-order valence-electron chi connectivity index (χ3n) is 4.64. The molecule has 0 saturated carbocycles. The third kappa shape index (κ3) is 4.02. The fraction of sp³-hybridized carbons (Fsp3) is 0.444. The Bertz CT molecular complexity index is 941. The van der Waals surface area contributed by atoms with E-state index < -0.39 is 10.0 Å². The van der Waals surface area contributed by atoms with Gasteiger partial charge in [0.25, 0.3) is 0 Å². The first-order valence-corrected chi connectivity index (χ1v) is 10.5. The van der Waals surface area contributed by atoms with Crippen molar-refractivity contribution in [2.75, 3.05) is 50.1 Å². The van der Waals surface area contributed by atoms with Gasteiger partial charge < -0.3 is 9.80 Å². The van der Waals surface area contributed by atoms with Crippen molar-refractivity contribution in [3.8, 4) is 0 Å². The summed E-state index contributed by atoms with van der Waals surface area (Å²) in [5, 5.41) is 0.457. The van der Waals surface area contributed by atoms with Gasteiger partial charge in [-0.2, -0.15) is 9.29 Å². The molecule has 0 bridgehead atoms. The van der Waals surface area contributed by atoms with Crippen LogP contribution in [0.2, 0.25) is 5.02 Å². The zero-order valence-electron chi connectivity index (χ0n) is 16.0. The molecule has 0 aliphatic carbocycles. The quantitative estimate of drug-likeness (QED) is 0.771. The zero-order chi connectivity index (χ0) is 19.8. The predicted molar refractivity (Wildman–Crippen MR) is 108 cm³/mol. The Morgan fingerprint density at radius 3 is 2.37 bits per heavy atom. The van der Waals surface area contributed by atoms with Crippen molar-refractivity contribution in [2.24, 2.45) is 0 Å². The zero-order valence-corrected chi connectivity index (χ0v) is 17.5. The second-order valence-corrected chi connectivity index (χ2v) is 9.13. The molecule has 0 amide bonds. The van der Waals surface area contributed by atoms with Crippen LogP contribution in [0.15, 0.2) is 29.2 Å². The van der Waals surface area contributed by atoms with E-state index in [1.165, 1.54) is 4.31 Å². The summed E-state index contributed by atoms with van der Waals surface area (Å²) in [6.45, 7) is 5.49. The second kappa shape index (κ2) is 7.61. The third-order valence-corrected chi connectivity index (χ3v) is 7.10. The summed E-state index contributed by atoms with van der Waals surface area (Å²) < 4.78 is 27.5.